The van der Waals surface area contributed by atoms with Gasteiger partial charge >= 0.3 is 0 Å². The van der Waals surface area contributed by atoms with Crippen LogP contribution in [0.15, 0.2) is 18.2 Å². The van der Waals surface area contributed by atoms with E-state index in [0.717, 1.165) is 18.6 Å². The fourth-order valence-corrected chi connectivity index (χ4v) is 3.19. The smallest absolute Gasteiger partial charge is 0.253 e. The van der Waals surface area contributed by atoms with Gasteiger partial charge in [0.05, 0.1) is 11.3 Å². The molecule has 0 aromatic heterocycles. The molecule has 4 N–H and O–H groups in total. The summed E-state index contributed by atoms with van der Waals surface area (Å²) in [5.41, 5.74) is 3.59. The lowest BCUT2D eigenvalue weighted by molar-refractivity contribution is 0.0939. The van der Waals surface area contributed by atoms with Gasteiger partial charge in [-0.1, -0.05) is 11.6 Å². The molecule has 1 amide bonds. The van der Waals surface area contributed by atoms with E-state index in [1.54, 1.807) is 18.2 Å². The van der Waals surface area contributed by atoms with Crippen LogP contribution in [0.1, 0.15) is 23.2 Å². The van der Waals surface area contributed by atoms with E-state index < -0.39 is 0 Å². The Bertz CT molecular complexity index is 435. The molecule has 4 nitrogen and oxygen atoms in total. The van der Waals surface area contributed by atoms with Crippen molar-refractivity contribution in [3.8, 4) is 0 Å². The minimum Gasteiger partial charge on any atom is -0.348 e. The number of hydrogen-bond donors (Lipinski definition) is 3. The molecule has 18 heavy (non-hydrogen) atoms. The van der Waals surface area contributed by atoms with Gasteiger partial charge in [-0.2, -0.15) is 11.8 Å². The van der Waals surface area contributed by atoms with Crippen LogP contribution in [0.25, 0.3) is 0 Å². The van der Waals surface area contributed by atoms with Crippen molar-refractivity contribution in [2.24, 2.45) is 5.84 Å². The summed E-state index contributed by atoms with van der Waals surface area (Å²) in [6.45, 7) is 0. The summed E-state index contributed by atoms with van der Waals surface area (Å²) in [6.07, 6.45) is 2.18. The van der Waals surface area contributed by atoms with Crippen molar-refractivity contribution in [3.63, 3.8) is 0 Å². The third-order valence-corrected chi connectivity index (χ3v) is 4.33. The number of rotatable bonds is 3. The highest BCUT2D eigenvalue weighted by Gasteiger charge is 2.18. The molecule has 1 fully saturated rings. The Hall–Kier alpha value is -0.910. The topological polar surface area (TPSA) is 67.1 Å². The summed E-state index contributed by atoms with van der Waals surface area (Å²) in [6, 6.07) is 5.26. The Morgan fingerprint density at radius 3 is 3.00 bits per heavy atom. The number of hydrogen-bond acceptors (Lipinski definition) is 4. The number of benzene rings is 1. The van der Waals surface area contributed by atoms with E-state index >= 15 is 0 Å². The summed E-state index contributed by atoms with van der Waals surface area (Å²) in [4.78, 5) is 12.2. The quantitative estimate of drug-likeness (QED) is 0.589. The van der Waals surface area contributed by atoms with Crippen molar-refractivity contribution in [1.82, 2.24) is 5.32 Å². The van der Waals surface area contributed by atoms with Crippen LogP contribution in [-0.2, 0) is 0 Å². The van der Waals surface area contributed by atoms with Crippen LogP contribution in [0.5, 0.6) is 0 Å². The molecule has 0 spiro atoms. The molecule has 1 heterocycles. The van der Waals surface area contributed by atoms with Crippen molar-refractivity contribution in [3.05, 3.63) is 28.8 Å². The van der Waals surface area contributed by atoms with Crippen molar-refractivity contribution in [1.29, 1.82) is 0 Å². The minimum atomic E-state index is -0.127. The largest absolute Gasteiger partial charge is 0.348 e. The van der Waals surface area contributed by atoms with Gasteiger partial charge in [0.2, 0.25) is 0 Å². The summed E-state index contributed by atoms with van der Waals surface area (Å²) in [5, 5.41) is 3.55. The van der Waals surface area contributed by atoms with Crippen LogP contribution in [0.2, 0.25) is 5.02 Å². The van der Waals surface area contributed by atoms with Gasteiger partial charge in [-0.25, -0.2) is 0 Å². The van der Waals surface area contributed by atoms with Crippen molar-refractivity contribution in [2.45, 2.75) is 18.9 Å². The highest BCUT2D eigenvalue weighted by atomic mass is 35.5. The number of carbonyl (C=O) groups is 1. The minimum absolute atomic E-state index is 0.127. The number of nitrogens with two attached hydrogens (primary N) is 1. The zero-order valence-corrected chi connectivity index (χ0v) is 11.5. The molecule has 1 aromatic carbocycles. The van der Waals surface area contributed by atoms with Crippen LogP contribution in [-0.4, -0.2) is 23.5 Å². The van der Waals surface area contributed by atoms with Gasteiger partial charge in [-0.3, -0.25) is 10.6 Å². The van der Waals surface area contributed by atoms with Gasteiger partial charge in [0.15, 0.2) is 0 Å². The molecule has 6 heteroatoms. The van der Waals surface area contributed by atoms with Gasteiger partial charge in [0, 0.05) is 16.8 Å². The summed E-state index contributed by atoms with van der Waals surface area (Å²) in [7, 11) is 0. The van der Waals surface area contributed by atoms with Crippen LogP contribution >= 0.6 is 23.4 Å². The van der Waals surface area contributed by atoms with E-state index in [-0.39, 0.29) is 11.9 Å². The van der Waals surface area contributed by atoms with Crippen molar-refractivity contribution < 1.29 is 4.79 Å². The molecule has 2 rings (SSSR count). The Morgan fingerprint density at radius 1 is 1.50 bits per heavy atom. The van der Waals surface area contributed by atoms with Crippen LogP contribution < -0.4 is 16.6 Å². The first-order valence-electron chi connectivity index (χ1n) is 5.85. The zero-order chi connectivity index (χ0) is 13.0. The SMILES string of the molecule is NNc1ccc(Cl)cc1C(=O)NC1CCCSC1. The molecule has 1 unspecified atom stereocenters. The Morgan fingerprint density at radius 2 is 2.33 bits per heavy atom. The molecular formula is C12H16ClN3OS. The second kappa shape index (κ2) is 6.31. The standard InChI is InChI=1S/C12H16ClN3OS/c13-8-3-4-11(16-14)10(6-8)12(17)15-9-2-1-5-18-7-9/h3-4,6,9,16H,1-2,5,7,14H2,(H,15,17). The molecule has 0 saturated carbocycles. The molecule has 1 saturated heterocycles. The Labute approximate surface area is 116 Å². The first-order chi connectivity index (χ1) is 8.70. The molecule has 1 aliphatic heterocycles. The molecule has 1 aromatic rings. The second-order valence-corrected chi connectivity index (χ2v) is 5.81. The number of nitrogen functional groups attached to an aromatic ring is 1. The van der Waals surface area contributed by atoms with Gasteiger partial charge in [0.1, 0.15) is 0 Å². The van der Waals surface area contributed by atoms with Crippen molar-refractivity contribution in [2.75, 3.05) is 16.9 Å². The molecule has 98 valence electrons. The van der Waals surface area contributed by atoms with Gasteiger partial charge in [-0.15, -0.1) is 0 Å². The maximum Gasteiger partial charge on any atom is 0.253 e. The number of thioether (sulfide) groups is 1. The van der Waals surface area contributed by atoms with E-state index in [4.69, 9.17) is 17.4 Å². The monoisotopic (exact) mass is 285 g/mol. The lowest BCUT2D eigenvalue weighted by Gasteiger charge is -2.23. The zero-order valence-electron chi connectivity index (χ0n) is 9.91. The Kier molecular flexibility index (Phi) is 4.74. The predicted octanol–water partition coefficient (Wildman–Crippen LogP) is 2.25. The average Bonchev–Trinajstić information content (AvgIpc) is 2.40. The van der Waals surface area contributed by atoms with Gasteiger partial charge in [0.25, 0.3) is 5.91 Å². The number of nitrogens with one attached hydrogen (secondary N) is 2. The number of amides is 1. The molecule has 1 aliphatic rings. The summed E-state index contributed by atoms with van der Waals surface area (Å²) in [5.74, 6) is 7.42. The van der Waals surface area contributed by atoms with E-state index in [9.17, 15) is 4.79 Å². The molecule has 0 aliphatic carbocycles. The molecule has 1 atom stereocenters. The van der Waals surface area contributed by atoms with Crippen LogP contribution in [0, 0.1) is 0 Å². The fourth-order valence-electron chi connectivity index (χ4n) is 1.95. The third-order valence-electron chi connectivity index (χ3n) is 2.88. The van der Waals surface area contributed by atoms with Crippen LogP contribution in [0.3, 0.4) is 0 Å². The Balaban J connectivity index is 2.09. The predicted molar refractivity (Wildman–Crippen MR) is 77.1 cm³/mol. The number of hydrazine groups is 1. The summed E-state index contributed by atoms with van der Waals surface area (Å²) < 4.78 is 0. The molecule has 0 radical (unpaired) electrons. The summed E-state index contributed by atoms with van der Waals surface area (Å²) >= 11 is 7.78. The maximum absolute atomic E-state index is 12.2. The van der Waals surface area contributed by atoms with Gasteiger partial charge in [-0.05, 0) is 36.8 Å². The van der Waals surface area contributed by atoms with Crippen LogP contribution in [0.4, 0.5) is 5.69 Å². The first-order valence-corrected chi connectivity index (χ1v) is 7.39. The number of carbonyl (C=O) groups excluding carboxylic acids is 1. The molecular weight excluding hydrogens is 270 g/mol. The maximum atomic E-state index is 12.2. The van der Waals surface area contributed by atoms with E-state index in [1.807, 2.05) is 11.8 Å². The number of anilines is 1. The molecule has 0 bridgehead atoms. The highest BCUT2D eigenvalue weighted by Crippen LogP contribution is 2.21. The number of halogens is 1. The normalized spacial score (nSPS) is 19.3. The highest BCUT2D eigenvalue weighted by molar-refractivity contribution is 7.99. The fraction of sp³-hybridized carbons (Fsp3) is 0.417. The van der Waals surface area contributed by atoms with E-state index in [2.05, 4.69) is 10.7 Å². The first kappa shape index (κ1) is 13.5. The third kappa shape index (κ3) is 3.31. The second-order valence-electron chi connectivity index (χ2n) is 4.22. The average molecular weight is 286 g/mol. The lowest BCUT2D eigenvalue weighted by Crippen LogP contribution is -2.38. The van der Waals surface area contributed by atoms with Crippen molar-refractivity contribution >= 4 is 35.0 Å². The van der Waals surface area contributed by atoms with E-state index in [0.29, 0.717) is 16.3 Å². The van der Waals surface area contributed by atoms with Gasteiger partial charge < -0.3 is 10.7 Å². The lowest BCUT2D eigenvalue weighted by atomic mass is 10.1. The van der Waals surface area contributed by atoms with E-state index in [1.165, 1.54) is 5.75 Å².